The van der Waals surface area contributed by atoms with E-state index in [0.717, 1.165) is 25.1 Å². The van der Waals surface area contributed by atoms with Crippen LogP contribution < -0.4 is 5.32 Å². The highest BCUT2D eigenvalue weighted by molar-refractivity contribution is 7.99. The molecular formula is C10H20N2OS. The van der Waals surface area contributed by atoms with Gasteiger partial charge in [0.2, 0.25) is 5.91 Å². The minimum absolute atomic E-state index is 0.228. The highest BCUT2D eigenvalue weighted by Gasteiger charge is 2.23. The van der Waals surface area contributed by atoms with E-state index in [-0.39, 0.29) is 5.91 Å². The van der Waals surface area contributed by atoms with Crippen molar-refractivity contribution in [1.29, 1.82) is 0 Å². The molecule has 1 aliphatic heterocycles. The first-order valence-electron chi connectivity index (χ1n) is 5.29. The van der Waals surface area contributed by atoms with E-state index in [2.05, 4.69) is 12.2 Å². The molecule has 1 atom stereocenters. The molecule has 3 nitrogen and oxygen atoms in total. The number of nitrogens with one attached hydrogen (secondary N) is 1. The van der Waals surface area contributed by atoms with E-state index in [9.17, 15) is 4.79 Å². The predicted molar refractivity (Wildman–Crippen MR) is 61.7 cm³/mol. The molecule has 0 aromatic heterocycles. The Bertz CT molecular complexity index is 181. The van der Waals surface area contributed by atoms with Crippen molar-refractivity contribution in [1.82, 2.24) is 10.2 Å². The van der Waals surface area contributed by atoms with Gasteiger partial charge in [-0.3, -0.25) is 4.79 Å². The molecule has 1 heterocycles. The van der Waals surface area contributed by atoms with Crippen LogP contribution in [0.3, 0.4) is 0 Å². The molecule has 1 aliphatic rings. The highest BCUT2D eigenvalue weighted by atomic mass is 32.2. The van der Waals surface area contributed by atoms with E-state index in [4.69, 9.17) is 0 Å². The van der Waals surface area contributed by atoms with Crippen LogP contribution in [0.2, 0.25) is 0 Å². The van der Waals surface area contributed by atoms with Gasteiger partial charge in [-0.1, -0.05) is 6.92 Å². The Morgan fingerprint density at radius 1 is 1.64 bits per heavy atom. The monoisotopic (exact) mass is 216 g/mol. The van der Waals surface area contributed by atoms with Gasteiger partial charge < -0.3 is 10.2 Å². The van der Waals surface area contributed by atoms with Crippen molar-refractivity contribution in [3.05, 3.63) is 0 Å². The van der Waals surface area contributed by atoms with Gasteiger partial charge in [-0.05, 0) is 25.1 Å². The van der Waals surface area contributed by atoms with Gasteiger partial charge >= 0.3 is 0 Å². The third kappa shape index (κ3) is 3.50. The Morgan fingerprint density at radius 3 is 3.00 bits per heavy atom. The Kier molecular flexibility index (Phi) is 5.33. The molecule has 0 bridgehead atoms. The second-order valence-corrected chi connectivity index (χ2v) is 4.85. The van der Waals surface area contributed by atoms with Crippen LogP contribution in [-0.4, -0.2) is 48.5 Å². The van der Waals surface area contributed by atoms with Gasteiger partial charge in [0.25, 0.3) is 0 Å². The number of likely N-dealkylation sites (N-methyl/N-ethyl adjacent to an activating group) is 1. The molecule has 1 unspecified atom stereocenters. The van der Waals surface area contributed by atoms with Crippen molar-refractivity contribution in [2.45, 2.75) is 25.8 Å². The maximum Gasteiger partial charge on any atom is 0.236 e. The predicted octanol–water partition coefficient (Wildman–Crippen LogP) is 0.950. The number of nitrogens with zero attached hydrogens (tertiary/aromatic N) is 1. The number of hydrogen-bond acceptors (Lipinski definition) is 3. The summed E-state index contributed by atoms with van der Waals surface area (Å²) in [6, 6.07) is 0.468. The Balaban J connectivity index is 2.21. The summed E-state index contributed by atoms with van der Waals surface area (Å²) in [6.07, 6.45) is 2.23. The molecule has 0 spiro atoms. The third-order valence-electron chi connectivity index (χ3n) is 2.55. The maximum absolute atomic E-state index is 11.7. The molecule has 0 aromatic carbocycles. The van der Waals surface area contributed by atoms with Crippen LogP contribution in [0.25, 0.3) is 0 Å². The number of amides is 1. The van der Waals surface area contributed by atoms with E-state index >= 15 is 0 Å². The van der Waals surface area contributed by atoms with Crippen molar-refractivity contribution in [2.24, 2.45) is 0 Å². The molecule has 0 aliphatic carbocycles. The molecule has 1 fully saturated rings. The van der Waals surface area contributed by atoms with Crippen LogP contribution in [0.1, 0.15) is 19.8 Å². The summed E-state index contributed by atoms with van der Waals surface area (Å²) in [5.41, 5.74) is 0. The lowest BCUT2D eigenvalue weighted by atomic mass is 10.2. The first kappa shape index (κ1) is 11.9. The van der Waals surface area contributed by atoms with Crippen molar-refractivity contribution in [3.63, 3.8) is 0 Å². The lowest BCUT2D eigenvalue weighted by molar-refractivity contribution is -0.130. The fourth-order valence-electron chi connectivity index (χ4n) is 1.53. The summed E-state index contributed by atoms with van der Waals surface area (Å²) >= 11 is 1.94. The van der Waals surface area contributed by atoms with Gasteiger partial charge in [0.05, 0.1) is 6.54 Å². The molecular weight excluding hydrogens is 196 g/mol. The summed E-state index contributed by atoms with van der Waals surface area (Å²) < 4.78 is 0. The van der Waals surface area contributed by atoms with Crippen molar-refractivity contribution in [2.75, 3.05) is 31.6 Å². The molecule has 1 N–H and O–H groups in total. The average Bonchev–Trinajstić information content (AvgIpc) is 2.69. The minimum atomic E-state index is 0.228. The SMILES string of the molecule is CCCNCC(=O)N(C)C1CCSC1. The quantitative estimate of drug-likeness (QED) is 0.695. The zero-order valence-electron chi connectivity index (χ0n) is 9.08. The molecule has 82 valence electrons. The fourth-order valence-corrected chi connectivity index (χ4v) is 2.80. The van der Waals surface area contributed by atoms with Gasteiger partial charge in [0.1, 0.15) is 0 Å². The van der Waals surface area contributed by atoms with Crippen LogP contribution in [0, 0.1) is 0 Å². The van der Waals surface area contributed by atoms with E-state index in [1.807, 2.05) is 23.7 Å². The number of hydrogen-bond donors (Lipinski definition) is 1. The summed E-state index contributed by atoms with van der Waals surface area (Å²) in [5, 5.41) is 3.14. The smallest absolute Gasteiger partial charge is 0.236 e. The Labute approximate surface area is 90.6 Å². The lowest BCUT2D eigenvalue weighted by Crippen LogP contribution is -2.42. The first-order chi connectivity index (χ1) is 6.75. The van der Waals surface area contributed by atoms with Crippen LogP contribution in [0.5, 0.6) is 0 Å². The summed E-state index contributed by atoms with van der Waals surface area (Å²) in [5.74, 6) is 2.53. The molecule has 4 heteroatoms. The zero-order valence-corrected chi connectivity index (χ0v) is 9.90. The van der Waals surface area contributed by atoms with E-state index in [0.29, 0.717) is 12.6 Å². The Morgan fingerprint density at radius 2 is 2.43 bits per heavy atom. The van der Waals surface area contributed by atoms with Crippen LogP contribution in [0.4, 0.5) is 0 Å². The average molecular weight is 216 g/mol. The van der Waals surface area contributed by atoms with Gasteiger partial charge in [0, 0.05) is 18.8 Å². The maximum atomic E-state index is 11.7. The van der Waals surface area contributed by atoms with E-state index < -0.39 is 0 Å². The second kappa shape index (κ2) is 6.30. The lowest BCUT2D eigenvalue weighted by Gasteiger charge is -2.23. The minimum Gasteiger partial charge on any atom is -0.341 e. The molecule has 0 radical (unpaired) electrons. The standard InChI is InChI=1S/C10H20N2OS/c1-3-5-11-7-10(13)12(2)9-4-6-14-8-9/h9,11H,3-8H2,1-2H3. The van der Waals surface area contributed by atoms with Crippen molar-refractivity contribution < 1.29 is 4.79 Å². The van der Waals surface area contributed by atoms with Crippen molar-refractivity contribution >= 4 is 17.7 Å². The zero-order chi connectivity index (χ0) is 10.4. The van der Waals surface area contributed by atoms with Crippen LogP contribution in [0.15, 0.2) is 0 Å². The third-order valence-corrected chi connectivity index (χ3v) is 3.69. The number of rotatable bonds is 5. The fraction of sp³-hybridized carbons (Fsp3) is 0.900. The molecule has 14 heavy (non-hydrogen) atoms. The normalized spacial score (nSPS) is 21.1. The molecule has 1 saturated heterocycles. The number of carbonyl (C=O) groups is 1. The summed E-state index contributed by atoms with van der Waals surface area (Å²) in [4.78, 5) is 13.6. The Hall–Kier alpha value is -0.220. The van der Waals surface area contributed by atoms with Crippen LogP contribution in [-0.2, 0) is 4.79 Å². The molecule has 1 amide bonds. The second-order valence-electron chi connectivity index (χ2n) is 3.70. The van der Waals surface area contributed by atoms with Gasteiger partial charge in [-0.25, -0.2) is 0 Å². The van der Waals surface area contributed by atoms with Crippen molar-refractivity contribution in [3.8, 4) is 0 Å². The molecule has 0 saturated carbocycles. The number of carbonyl (C=O) groups excluding carboxylic acids is 1. The number of thioether (sulfide) groups is 1. The van der Waals surface area contributed by atoms with Gasteiger partial charge in [-0.15, -0.1) is 0 Å². The summed E-state index contributed by atoms with van der Waals surface area (Å²) in [6.45, 7) is 3.53. The van der Waals surface area contributed by atoms with Crippen LogP contribution >= 0.6 is 11.8 Å². The topological polar surface area (TPSA) is 32.3 Å². The first-order valence-corrected chi connectivity index (χ1v) is 6.45. The molecule has 1 rings (SSSR count). The van der Waals surface area contributed by atoms with Gasteiger partial charge in [0.15, 0.2) is 0 Å². The van der Waals surface area contributed by atoms with E-state index in [1.54, 1.807) is 0 Å². The summed E-state index contributed by atoms with van der Waals surface area (Å²) in [7, 11) is 1.92. The van der Waals surface area contributed by atoms with E-state index in [1.165, 1.54) is 5.75 Å². The molecule has 0 aromatic rings. The largest absolute Gasteiger partial charge is 0.341 e. The van der Waals surface area contributed by atoms with Gasteiger partial charge in [-0.2, -0.15) is 11.8 Å². The highest BCUT2D eigenvalue weighted by Crippen LogP contribution is 2.21.